The molecule has 6 rings (SSSR count). The molecule has 2 fully saturated rings. The van der Waals surface area contributed by atoms with Crippen LogP contribution in [0.5, 0.6) is 0 Å². The second-order valence-electron chi connectivity index (χ2n) is 13.5. The molecule has 0 spiro atoms. The molecule has 2 saturated heterocycles. The van der Waals surface area contributed by atoms with Gasteiger partial charge in [0.1, 0.15) is 34.0 Å². The van der Waals surface area contributed by atoms with E-state index >= 15 is 0 Å². The lowest BCUT2D eigenvalue weighted by atomic mass is 10.0. The molecule has 15 nitrogen and oxygen atoms in total. The number of nitro groups is 1. The van der Waals surface area contributed by atoms with E-state index in [0.717, 1.165) is 23.0 Å². The lowest BCUT2D eigenvalue weighted by Crippen LogP contribution is -2.71. The molecular weight excluding hydrogens is 807 g/mol. The van der Waals surface area contributed by atoms with Crippen molar-refractivity contribution in [2.75, 3.05) is 43.4 Å². The number of ether oxygens (including phenoxy) is 2. The normalized spacial score (nSPS) is 18.9. The number of nitro benzene ring substituents is 1. The SMILES string of the molecule is CC(C)(C)OC(=O)C1=C(COC(=O)N2CCN(c3nc(=O)c4cc(C(Cl)(Cl)Cl)cc([N+](=O)[O-])c4s3)CC2)CSC2[C@H](NC(=O)Cc3ccccc3)C(=O)N12. The highest BCUT2D eigenvalue weighted by atomic mass is 35.6. The molecule has 20 heteroatoms. The number of thioether (sulfide) groups is 1. The number of nitrogens with zero attached hydrogens (tertiary/aromatic N) is 5. The molecule has 2 atom stereocenters. The van der Waals surface area contributed by atoms with E-state index in [2.05, 4.69) is 10.3 Å². The van der Waals surface area contributed by atoms with Crippen molar-refractivity contribution in [1.82, 2.24) is 20.1 Å². The van der Waals surface area contributed by atoms with E-state index in [9.17, 15) is 34.1 Å². The Morgan fingerprint density at radius 3 is 2.37 bits per heavy atom. The number of fused-ring (bicyclic) bond motifs is 2. The van der Waals surface area contributed by atoms with Crippen molar-refractivity contribution in [1.29, 1.82) is 0 Å². The smallest absolute Gasteiger partial charge is 0.410 e. The van der Waals surface area contributed by atoms with Gasteiger partial charge in [0.25, 0.3) is 17.2 Å². The van der Waals surface area contributed by atoms with Gasteiger partial charge in [-0.2, -0.15) is 4.98 Å². The zero-order valence-electron chi connectivity index (χ0n) is 29.0. The summed E-state index contributed by atoms with van der Waals surface area (Å²) in [5, 5.41) is 14.3. The van der Waals surface area contributed by atoms with Gasteiger partial charge >= 0.3 is 12.1 Å². The molecule has 0 aliphatic carbocycles. The minimum atomic E-state index is -2.00. The highest BCUT2D eigenvalue weighted by Gasteiger charge is 2.54. The van der Waals surface area contributed by atoms with Crippen LogP contribution in [0.25, 0.3) is 10.1 Å². The van der Waals surface area contributed by atoms with Crippen molar-refractivity contribution >= 4 is 103 Å². The zero-order chi connectivity index (χ0) is 39.1. The van der Waals surface area contributed by atoms with Crippen LogP contribution in [0.15, 0.2) is 58.5 Å². The van der Waals surface area contributed by atoms with Crippen molar-refractivity contribution in [3.63, 3.8) is 0 Å². The number of non-ortho nitro benzene ring substituents is 1. The summed E-state index contributed by atoms with van der Waals surface area (Å²) >= 11 is 20.1. The number of hydrogen-bond donors (Lipinski definition) is 1. The van der Waals surface area contributed by atoms with Gasteiger partial charge < -0.3 is 24.6 Å². The number of piperazine rings is 1. The van der Waals surface area contributed by atoms with Crippen LogP contribution in [0.3, 0.4) is 0 Å². The molecule has 0 bridgehead atoms. The summed E-state index contributed by atoms with van der Waals surface area (Å²) in [6.45, 7) is 5.57. The highest BCUT2D eigenvalue weighted by Crippen LogP contribution is 2.43. The van der Waals surface area contributed by atoms with Crippen molar-refractivity contribution in [3.05, 3.63) is 85.3 Å². The van der Waals surface area contributed by atoms with Crippen LogP contribution in [0, 0.1) is 10.1 Å². The van der Waals surface area contributed by atoms with Crippen molar-refractivity contribution in [3.8, 4) is 0 Å². The molecule has 0 saturated carbocycles. The minimum absolute atomic E-state index is 0.0165. The fraction of sp³-hybridized carbons (Fsp3) is 0.412. The number of amides is 3. The summed E-state index contributed by atoms with van der Waals surface area (Å²) in [5.41, 5.74) is -0.903. The second kappa shape index (κ2) is 15.5. The standard InChI is InChI=1S/C34H33Cl3N6O9S2/c1-33(2,3)52-30(47)25-19(17-53-29-24(28(46)42(25)29)38-23(44)13-18-7-5-4-6-8-18)16-51-32(48)41-11-9-40(10-12-41)31-39-27(45)21-14-20(34(35,36)37)15-22(43(49)50)26(21)54-31/h4-8,14-15,24,29H,9-13,16-17H2,1-3H3,(H,38,44)/t24-,29?/m1/s1. The Morgan fingerprint density at radius 2 is 1.74 bits per heavy atom. The predicted molar refractivity (Wildman–Crippen MR) is 205 cm³/mol. The Labute approximate surface area is 331 Å². The summed E-state index contributed by atoms with van der Waals surface area (Å²) < 4.78 is 9.34. The first-order valence-electron chi connectivity index (χ1n) is 16.5. The molecule has 54 heavy (non-hydrogen) atoms. The Hall–Kier alpha value is -4.16. The van der Waals surface area contributed by atoms with E-state index in [1.807, 2.05) is 30.3 Å². The summed E-state index contributed by atoms with van der Waals surface area (Å²) in [4.78, 5) is 85.7. The van der Waals surface area contributed by atoms with Crippen LogP contribution in [0.4, 0.5) is 15.6 Å². The number of anilines is 1. The van der Waals surface area contributed by atoms with Crippen LogP contribution >= 0.6 is 57.9 Å². The number of esters is 1. The van der Waals surface area contributed by atoms with Crippen LogP contribution in [-0.2, 0) is 34.1 Å². The van der Waals surface area contributed by atoms with Crippen molar-refractivity contribution < 1.29 is 33.6 Å². The lowest BCUT2D eigenvalue weighted by Gasteiger charge is -2.50. The number of rotatable bonds is 8. The van der Waals surface area contributed by atoms with E-state index in [0.29, 0.717) is 5.57 Å². The summed E-state index contributed by atoms with van der Waals surface area (Å²) in [7, 11) is 0. The van der Waals surface area contributed by atoms with Crippen LogP contribution in [-0.4, -0.2) is 99.1 Å². The fourth-order valence-electron chi connectivity index (χ4n) is 6.01. The van der Waals surface area contributed by atoms with E-state index in [1.165, 1.54) is 27.6 Å². The van der Waals surface area contributed by atoms with Gasteiger partial charge in [0.15, 0.2) is 5.13 Å². The topological polar surface area (TPSA) is 182 Å². The molecule has 4 heterocycles. The third kappa shape index (κ3) is 8.54. The maximum atomic E-state index is 13.5. The Kier molecular flexibility index (Phi) is 11.4. The number of β-lactam (4-membered cyclic amide) rings is 1. The van der Waals surface area contributed by atoms with E-state index in [1.54, 1.807) is 25.7 Å². The second-order valence-corrected chi connectivity index (χ2v) is 17.9. The molecule has 286 valence electrons. The maximum absolute atomic E-state index is 13.5. The minimum Gasteiger partial charge on any atom is -0.455 e. The van der Waals surface area contributed by atoms with E-state index < -0.39 is 54.9 Å². The fourth-order valence-corrected chi connectivity index (χ4v) is 8.78. The number of nitrogens with one attached hydrogen (secondary N) is 1. The van der Waals surface area contributed by atoms with Gasteiger partial charge in [0.2, 0.25) is 9.70 Å². The van der Waals surface area contributed by atoms with E-state index in [4.69, 9.17) is 44.3 Å². The molecule has 1 aromatic heterocycles. The molecule has 1 unspecified atom stereocenters. The number of carbonyl (C=O) groups excluding carboxylic acids is 4. The molecule has 2 aromatic carbocycles. The number of alkyl halides is 3. The summed E-state index contributed by atoms with van der Waals surface area (Å²) in [5.74, 6) is -1.32. The predicted octanol–water partition coefficient (Wildman–Crippen LogP) is 4.89. The first kappa shape index (κ1) is 39.5. The third-order valence-electron chi connectivity index (χ3n) is 8.56. The first-order chi connectivity index (χ1) is 25.4. The summed E-state index contributed by atoms with van der Waals surface area (Å²) in [6.07, 6.45) is -0.581. The largest absolute Gasteiger partial charge is 0.455 e. The molecule has 3 aromatic rings. The van der Waals surface area contributed by atoms with Gasteiger partial charge in [-0.05, 0) is 32.4 Å². The van der Waals surface area contributed by atoms with Gasteiger partial charge in [0.05, 0.1) is 16.7 Å². The zero-order valence-corrected chi connectivity index (χ0v) is 32.9. The Morgan fingerprint density at radius 1 is 1.06 bits per heavy atom. The number of hydrogen-bond acceptors (Lipinski definition) is 13. The summed E-state index contributed by atoms with van der Waals surface area (Å²) in [6, 6.07) is 10.6. The van der Waals surface area contributed by atoms with Gasteiger partial charge in [-0.3, -0.25) is 29.4 Å². The number of aromatic nitrogens is 1. The molecule has 1 N–H and O–H groups in total. The quantitative estimate of drug-likeness (QED) is 0.107. The molecule has 0 radical (unpaired) electrons. The average molecular weight is 840 g/mol. The molecule has 3 amide bonds. The van der Waals surface area contributed by atoms with Crippen molar-refractivity contribution in [2.45, 2.75) is 48.0 Å². The number of benzene rings is 2. The first-order valence-corrected chi connectivity index (χ1v) is 19.5. The van der Waals surface area contributed by atoms with Gasteiger partial charge in [-0.15, -0.1) is 11.8 Å². The molecule has 3 aliphatic rings. The highest BCUT2D eigenvalue weighted by molar-refractivity contribution is 8.00. The van der Waals surface area contributed by atoms with Crippen LogP contribution in [0.1, 0.15) is 31.9 Å². The van der Waals surface area contributed by atoms with Crippen LogP contribution < -0.4 is 15.8 Å². The molecule has 3 aliphatic heterocycles. The van der Waals surface area contributed by atoms with Crippen molar-refractivity contribution in [2.24, 2.45) is 0 Å². The Bertz CT molecular complexity index is 2120. The monoisotopic (exact) mass is 838 g/mol. The number of halogens is 3. The average Bonchev–Trinajstić information content (AvgIpc) is 3.11. The van der Waals surface area contributed by atoms with Gasteiger partial charge in [-0.25, -0.2) is 9.59 Å². The van der Waals surface area contributed by atoms with Gasteiger partial charge in [-0.1, -0.05) is 76.5 Å². The molecular formula is C34H33Cl3N6O9S2. The van der Waals surface area contributed by atoms with Gasteiger partial charge in [0, 0.05) is 49.1 Å². The van der Waals surface area contributed by atoms with Crippen LogP contribution in [0.2, 0.25) is 0 Å². The third-order valence-corrected chi connectivity index (χ3v) is 11.7. The maximum Gasteiger partial charge on any atom is 0.410 e. The number of carbonyl (C=O) groups is 4. The lowest BCUT2D eigenvalue weighted by molar-refractivity contribution is -0.382. The Balaban J connectivity index is 1.12. The van der Waals surface area contributed by atoms with E-state index in [-0.39, 0.29) is 77.3 Å².